The first kappa shape index (κ1) is 12.6. The fourth-order valence-electron chi connectivity index (χ4n) is 1.11. The molecule has 0 amide bonds. The van der Waals surface area contributed by atoms with Crippen LogP contribution in [-0.4, -0.2) is 34.9 Å². The molecule has 2 heterocycles. The maximum Gasteiger partial charge on any atom is 0.154 e. The summed E-state index contributed by atoms with van der Waals surface area (Å²) in [5, 5.41) is 9.74. The van der Waals surface area contributed by atoms with Crippen molar-refractivity contribution in [3.63, 3.8) is 0 Å². The molecule has 1 aromatic rings. The molecular formula is C6H12Cl2N4O. The molecule has 76 valence electrons. The van der Waals surface area contributed by atoms with Gasteiger partial charge in [-0.2, -0.15) is 5.10 Å². The Balaban J connectivity index is 0.000000720. The maximum absolute atomic E-state index is 5.43. The van der Waals surface area contributed by atoms with Gasteiger partial charge >= 0.3 is 0 Å². The Morgan fingerprint density at radius 1 is 1.46 bits per heavy atom. The summed E-state index contributed by atoms with van der Waals surface area (Å²) >= 11 is 0. The molecule has 0 radical (unpaired) electrons. The van der Waals surface area contributed by atoms with Gasteiger partial charge in [-0.1, -0.05) is 0 Å². The average Bonchev–Trinajstić information content (AvgIpc) is 2.58. The molecule has 1 unspecified atom stereocenters. The van der Waals surface area contributed by atoms with Crippen LogP contribution in [0.3, 0.4) is 0 Å². The van der Waals surface area contributed by atoms with Gasteiger partial charge in [0.05, 0.1) is 6.61 Å². The van der Waals surface area contributed by atoms with Crippen LogP contribution < -0.4 is 5.32 Å². The fourth-order valence-corrected chi connectivity index (χ4v) is 1.11. The van der Waals surface area contributed by atoms with Crippen molar-refractivity contribution in [3.8, 4) is 0 Å². The number of morpholine rings is 1. The molecule has 2 N–H and O–H groups in total. The van der Waals surface area contributed by atoms with E-state index in [9.17, 15) is 0 Å². The third-order valence-corrected chi connectivity index (χ3v) is 1.67. The van der Waals surface area contributed by atoms with E-state index in [-0.39, 0.29) is 30.9 Å². The summed E-state index contributed by atoms with van der Waals surface area (Å²) < 4.78 is 5.43. The molecule has 1 aliphatic heterocycles. The Labute approximate surface area is 88.5 Å². The number of rotatable bonds is 1. The van der Waals surface area contributed by atoms with Crippen LogP contribution in [0.25, 0.3) is 0 Å². The second-order valence-electron chi connectivity index (χ2n) is 2.43. The topological polar surface area (TPSA) is 62.8 Å². The number of nitrogens with zero attached hydrogens (tertiary/aromatic N) is 2. The Morgan fingerprint density at radius 3 is 2.85 bits per heavy atom. The number of ether oxygens (including phenoxy) is 1. The van der Waals surface area contributed by atoms with Gasteiger partial charge in [0, 0.05) is 13.1 Å². The second-order valence-corrected chi connectivity index (χ2v) is 2.43. The summed E-state index contributed by atoms with van der Waals surface area (Å²) in [4.78, 5) is 4.01. The van der Waals surface area contributed by atoms with Crippen LogP contribution in [0.2, 0.25) is 0 Å². The number of hydrogen-bond donors (Lipinski definition) is 2. The van der Waals surface area contributed by atoms with Crippen molar-refractivity contribution in [1.82, 2.24) is 20.5 Å². The molecule has 1 atom stereocenters. The van der Waals surface area contributed by atoms with E-state index in [2.05, 4.69) is 20.5 Å². The van der Waals surface area contributed by atoms with Crippen LogP contribution >= 0.6 is 24.8 Å². The van der Waals surface area contributed by atoms with Crippen molar-refractivity contribution in [2.75, 3.05) is 19.7 Å². The van der Waals surface area contributed by atoms with E-state index in [0.29, 0.717) is 0 Å². The molecule has 13 heavy (non-hydrogen) atoms. The third kappa shape index (κ3) is 3.11. The minimum atomic E-state index is 0. The highest BCUT2D eigenvalue weighted by molar-refractivity contribution is 5.85. The largest absolute Gasteiger partial charge is 0.368 e. The standard InChI is InChI=1S/C6H10N4O.2ClH/c1-2-11-5(3-7-1)6-8-4-9-10-6;;/h4-5,7H,1-3H2,(H,8,9,10);2*1H. The monoisotopic (exact) mass is 226 g/mol. The number of nitrogens with one attached hydrogen (secondary N) is 2. The minimum absolute atomic E-state index is 0. The Hall–Kier alpha value is -0.360. The third-order valence-electron chi connectivity index (χ3n) is 1.67. The lowest BCUT2D eigenvalue weighted by atomic mass is 10.3. The van der Waals surface area contributed by atoms with Crippen LogP contribution in [-0.2, 0) is 4.74 Å². The molecule has 0 spiro atoms. The van der Waals surface area contributed by atoms with Gasteiger partial charge in [-0.15, -0.1) is 24.8 Å². The second kappa shape index (κ2) is 6.15. The molecule has 0 aromatic carbocycles. The number of halogens is 2. The zero-order valence-electron chi connectivity index (χ0n) is 6.90. The lowest BCUT2D eigenvalue weighted by Gasteiger charge is -2.21. The van der Waals surface area contributed by atoms with E-state index in [0.717, 1.165) is 25.5 Å². The van der Waals surface area contributed by atoms with E-state index in [1.54, 1.807) is 0 Å². The molecule has 5 nitrogen and oxygen atoms in total. The van der Waals surface area contributed by atoms with Crippen molar-refractivity contribution in [3.05, 3.63) is 12.2 Å². The summed E-state index contributed by atoms with van der Waals surface area (Å²) in [6.07, 6.45) is 1.54. The van der Waals surface area contributed by atoms with E-state index in [1.807, 2.05) is 0 Å². The molecule has 2 rings (SSSR count). The van der Waals surface area contributed by atoms with E-state index in [1.165, 1.54) is 6.33 Å². The summed E-state index contributed by atoms with van der Waals surface area (Å²) in [6, 6.07) is 0. The molecule has 1 aliphatic rings. The number of aromatic nitrogens is 3. The van der Waals surface area contributed by atoms with Crippen molar-refractivity contribution in [1.29, 1.82) is 0 Å². The normalized spacial score (nSPS) is 21.4. The molecule has 1 fully saturated rings. The van der Waals surface area contributed by atoms with Crippen molar-refractivity contribution in [2.45, 2.75) is 6.10 Å². The fraction of sp³-hybridized carbons (Fsp3) is 0.667. The highest BCUT2D eigenvalue weighted by Crippen LogP contribution is 2.12. The number of aromatic amines is 1. The van der Waals surface area contributed by atoms with Gasteiger partial charge in [-0.25, -0.2) is 4.98 Å². The summed E-state index contributed by atoms with van der Waals surface area (Å²) in [5.74, 6) is 0.803. The maximum atomic E-state index is 5.43. The van der Waals surface area contributed by atoms with Gasteiger partial charge in [0.25, 0.3) is 0 Å². The van der Waals surface area contributed by atoms with Gasteiger partial charge in [0.15, 0.2) is 5.82 Å². The molecule has 1 saturated heterocycles. The van der Waals surface area contributed by atoms with E-state index >= 15 is 0 Å². The molecule has 0 aliphatic carbocycles. The van der Waals surface area contributed by atoms with Gasteiger partial charge in [-0.05, 0) is 0 Å². The van der Waals surface area contributed by atoms with Crippen LogP contribution in [0.1, 0.15) is 11.9 Å². The lowest BCUT2D eigenvalue weighted by molar-refractivity contribution is 0.0223. The number of H-pyrrole nitrogens is 1. The van der Waals surface area contributed by atoms with Crippen LogP contribution in [0.5, 0.6) is 0 Å². The smallest absolute Gasteiger partial charge is 0.154 e. The summed E-state index contributed by atoms with van der Waals surface area (Å²) in [6.45, 7) is 2.48. The Morgan fingerprint density at radius 2 is 2.31 bits per heavy atom. The van der Waals surface area contributed by atoms with Crippen molar-refractivity contribution in [2.24, 2.45) is 0 Å². The highest BCUT2D eigenvalue weighted by Gasteiger charge is 2.17. The highest BCUT2D eigenvalue weighted by atomic mass is 35.5. The quantitative estimate of drug-likeness (QED) is 0.724. The van der Waals surface area contributed by atoms with Gasteiger partial charge < -0.3 is 10.1 Å². The van der Waals surface area contributed by atoms with Gasteiger partial charge in [0.1, 0.15) is 12.4 Å². The minimum Gasteiger partial charge on any atom is -0.368 e. The number of hydrogen-bond acceptors (Lipinski definition) is 4. The van der Waals surface area contributed by atoms with Gasteiger partial charge in [0.2, 0.25) is 0 Å². The van der Waals surface area contributed by atoms with E-state index in [4.69, 9.17) is 4.74 Å². The Kier molecular flexibility index (Phi) is 5.98. The predicted octanol–water partition coefficient (Wildman–Crippen LogP) is 0.309. The molecule has 0 bridgehead atoms. The van der Waals surface area contributed by atoms with E-state index < -0.39 is 0 Å². The lowest BCUT2D eigenvalue weighted by Crippen LogP contribution is -2.33. The summed E-state index contributed by atoms with van der Waals surface area (Å²) in [5.41, 5.74) is 0. The SMILES string of the molecule is Cl.Cl.c1n[nH]c(C2CNCCO2)n1. The first-order valence-electron chi connectivity index (χ1n) is 3.64. The zero-order valence-corrected chi connectivity index (χ0v) is 8.53. The first-order valence-corrected chi connectivity index (χ1v) is 3.64. The molecular weight excluding hydrogens is 215 g/mol. The van der Waals surface area contributed by atoms with Crippen molar-refractivity contribution < 1.29 is 4.74 Å². The van der Waals surface area contributed by atoms with Crippen LogP contribution in [0.15, 0.2) is 6.33 Å². The van der Waals surface area contributed by atoms with Crippen LogP contribution in [0, 0.1) is 0 Å². The van der Waals surface area contributed by atoms with Crippen molar-refractivity contribution >= 4 is 24.8 Å². The molecule has 7 heteroatoms. The van der Waals surface area contributed by atoms with Crippen LogP contribution in [0.4, 0.5) is 0 Å². The predicted molar refractivity (Wildman–Crippen MR) is 52.4 cm³/mol. The zero-order chi connectivity index (χ0) is 7.52. The Bertz CT molecular complexity index is 212. The van der Waals surface area contributed by atoms with Gasteiger partial charge in [-0.3, -0.25) is 5.10 Å². The summed E-state index contributed by atoms with van der Waals surface area (Å²) in [7, 11) is 0. The average molecular weight is 227 g/mol. The first-order chi connectivity index (χ1) is 5.47. The molecule has 0 saturated carbocycles. The molecule has 1 aromatic heterocycles.